The molecular formula is C17H16ClN3O2. The number of pyridine rings is 1. The number of carboxylic acid groups (broad SMARTS) is 1. The topological polar surface area (TPSA) is 77.2 Å². The molecule has 0 amide bonds. The van der Waals surface area contributed by atoms with E-state index in [9.17, 15) is 15.2 Å². The van der Waals surface area contributed by atoms with Crippen LogP contribution in [0.5, 0.6) is 0 Å². The lowest BCUT2D eigenvalue weighted by Crippen LogP contribution is -2.43. The Kier molecular flexibility index (Phi) is 4.10. The molecule has 0 aliphatic carbocycles. The van der Waals surface area contributed by atoms with Crippen molar-refractivity contribution in [2.75, 3.05) is 11.4 Å². The first kappa shape index (κ1) is 15.6. The molecule has 0 bridgehead atoms. The van der Waals surface area contributed by atoms with Gasteiger partial charge in [-0.05, 0) is 38.0 Å². The van der Waals surface area contributed by atoms with Gasteiger partial charge in [0.2, 0.25) is 0 Å². The van der Waals surface area contributed by atoms with Gasteiger partial charge in [0.15, 0.2) is 0 Å². The summed E-state index contributed by atoms with van der Waals surface area (Å²) in [5.41, 5.74) is 2.06. The van der Waals surface area contributed by atoms with E-state index in [0.717, 1.165) is 16.6 Å². The lowest BCUT2D eigenvalue weighted by molar-refractivity contribution is -0.142. The van der Waals surface area contributed by atoms with Crippen LogP contribution >= 0.6 is 11.6 Å². The largest absolute Gasteiger partial charge is 0.481 e. The van der Waals surface area contributed by atoms with E-state index < -0.39 is 5.97 Å². The Balaban J connectivity index is 2.10. The second kappa shape index (κ2) is 6.05. The maximum absolute atomic E-state index is 11.2. The van der Waals surface area contributed by atoms with E-state index >= 15 is 0 Å². The minimum absolute atomic E-state index is 0.0292. The summed E-state index contributed by atoms with van der Waals surface area (Å²) in [5.74, 6) is -1.08. The molecule has 0 saturated carbocycles. The van der Waals surface area contributed by atoms with Crippen LogP contribution in [0.1, 0.15) is 25.3 Å². The Bertz CT molecular complexity index is 815. The summed E-state index contributed by atoms with van der Waals surface area (Å²) in [7, 11) is 0. The van der Waals surface area contributed by atoms with Crippen LogP contribution in [-0.2, 0) is 4.79 Å². The fourth-order valence-corrected chi connectivity index (χ4v) is 3.44. The zero-order valence-electron chi connectivity index (χ0n) is 12.7. The molecular weight excluding hydrogens is 314 g/mol. The number of anilines is 1. The van der Waals surface area contributed by atoms with Gasteiger partial charge in [-0.25, -0.2) is 0 Å². The highest BCUT2D eigenvalue weighted by Gasteiger charge is 2.31. The number of carbonyl (C=O) groups is 1. The van der Waals surface area contributed by atoms with Crippen LogP contribution in [0.2, 0.25) is 5.02 Å². The van der Waals surface area contributed by atoms with Crippen LogP contribution in [0.4, 0.5) is 5.69 Å². The van der Waals surface area contributed by atoms with Crippen LogP contribution in [0.15, 0.2) is 24.4 Å². The SMILES string of the molecule is C[C@@H]1CC(C(=O)O)CCN1c1c(C#N)cnc2ccc(Cl)cc12. The number of halogens is 1. The van der Waals surface area contributed by atoms with Crippen LogP contribution in [0.25, 0.3) is 10.9 Å². The third kappa shape index (κ3) is 2.82. The quantitative estimate of drug-likeness (QED) is 0.913. The minimum atomic E-state index is -0.750. The van der Waals surface area contributed by atoms with Crippen molar-refractivity contribution < 1.29 is 9.90 Å². The molecule has 1 aliphatic heterocycles. The molecule has 1 aliphatic rings. The monoisotopic (exact) mass is 329 g/mol. The Labute approximate surface area is 139 Å². The third-order valence-electron chi connectivity index (χ3n) is 4.43. The highest BCUT2D eigenvalue weighted by atomic mass is 35.5. The molecule has 118 valence electrons. The Morgan fingerprint density at radius 2 is 2.30 bits per heavy atom. The molecule has 1 unspecified atom stereocenters. The summed E-state index contributed by atoms with van der Waals surface area (Å²) < 4.78 is 0. The number of hydrogen-bond acceptors (Lipinski definition) is 4. The highest BCUT2D eigenvalue weighted by molar-refractivity contribution is 6.31. The molecule has 5 nitrogen and oxygen atoms in total. The molecule has 0 radical (unpaired) electrons. The molecule has 6 heteroatoms. The maximum Gasteiger partial charge on any atom is 0.306 e. The Morgan fingerprint density at radius 1 is 1.52 bits per heavy atom. The average Bonchev–Trinajstić information content (AvgIpc) is 2.53. The summed E-state index contributed by atoms with van der Waals surface area (Å²) in [6.45, 7) is 2.59. The summed E-state index contributed by atoms with van der Waals surface area (Å²) in [5, 5.41) is 20.1. The number of hydrogen-bond donors (Lipinski definition) is 1. The predicted molar refractivity (Wildman–Crippen MR) is 88.6 cm³/mol. The van der Waals surface area contributed by atoms with E-state index in [1.165, 1.54) is 0 Å². The normalized spacial score (nSPS) is 21.2. The lowest BCUT2D eigenvalue weighted by atomic mass is 9.90. The average molecular weight is 330 g/mol. The molecule has 1 aromatic carbocycles. The van der Waals surface area contributed by atoms with Crippen molar-refractivity contribution >= 4 is 34.2 Å². The molecule has 1 aromatic heterocycles. The Hall–Kier alpha value is -2.32. The molecule has 3 rings (SSSR count). The molecule has 1 N–H and O–H groups in total. The minimum Gasteiger partial charge on any atom is -0.481 e. The number of carboxylic acids is 1. The molecule has 2 aromatic rings. The first-order valence-electron chi connectivity index (χ1n) is 7.49. The highest BCUT2D eigenvalue weighted by Crippen LogP contribution is 2.36. The number of benzene rings is 1. The van der Waals surface area contributed by atoms with Crippen molar-refractivity contribution in [2.45, 2.75) is 25.8 Å². The van der Waals surface area contributed by atoms with Gasteiger partial charge >= 0.3 is 5.97 Å². The number of aliphatic carboxylic acids is 1. The van der Waals surface area contributed by atoms with Gasteiger partial charge in [-0.15, -0.1) is 0 Å². The van der Waals surface area contributed by atoms with Crippen LogP contribution in [-0.4, -0.2) is 28.6 Å². The van der Waals surface area contributed by atoms with Crippen molar-refractivity contribution in [3.05, 3.63) is 35.0 Å². The molecule has 2 atom stereocenters. The number of rotatable bonds is 2. The number of fused-ring (bicyclic) bond motifs is 1. The van der Waals surface area contributed by atoms with Crippen LogP contribution < -0.4 is 4.90 Å². The van der Waals surface area contributed by atoms with Gasteiger partial charge in [0, 0.05) is 29.2 Å². The van der Waals surface area contributed by atoms with Gasteiger partial charge in [-0.3, -0.25) is 9.78 Å². The maximum atomic E-state index is 11.2. The van der Waals surface area contributed by atoms with Crippen LogP contribution in [0.3, 0.4) is 0 Å². The molecule has 2 heterocycles. The smallest absolute Gasteiger partial charge is 0.306 e. The zero-order valence-corrected chi connectivity index (χ0v) is 13.4. The second-order valence-corrected chi connectivity index (χ2v) is 6.33. The van der Waals surface area contributed by atoms with E-state index in [2.05, 4.69) is 16.0 Å². The van der Waals surface area contributed by atoms with Gasteiger partial charge in [0.25, 0.3) is 0 Å². The fourth-order valence-electron chi connectivity index (χ4n) is 3.27. The van der Waals surface area contributed by atoms with Crippen LogP contribution in [0, 0.1) is 17.2 Å². The third-order valence-corrected chi connectivity index (χ3v) is 4.67. The van der Waals surface area contributed by atoms with Crippen molar-refractivity contribution in [1.29, 1.82) is 5.26 Å². The standard InChI is InChI=1S/C17H16ClN3O2/c1-10-6-11(17(22)23)4-5-21(10)16-12(8-19)9-20-15-3-2-13(18)7-14(15)16/h2-3,7,9-11H,4-6H2,1H3,(H,22,23)/t10-,11?/m1/s1. The van der Waals surface area contributed by atoms with Gasteiger partial charge < -0.3 is 10.0 Å². The number of nitriles is 1. The van der Waals surface area contributed by atoms with Gasteiger partial charge in [0.05, 0.1) is 22.7 Å². The summed E-state index contributed by atoms with van der Waals surface area (Å²) >= 11 is 6.12. The summed E-state index contributed by atoms with van der Waals surface area (Å²) in [6.07, 6.45) is 2.70. The lowest BCUT2D eigenvalue weighted by Gasteiger charge is -2.38. The first-order valence-corrected chi connectivity index (χ1v) is 7.87. The van der Waals surface area contributed by atoms with Crippen molar-refractivity contribution in [3.8, 4) is 6.07 Å². The van der Waals surface area contributed by atoms with Crippen molar-refractivity contribution in [2.24, 2.45) is 5.92 Å². The predicted octanol–water partition coefficient (Wildman–Crippen LogP) is 3.45. The number of aromatic nitrogens is 1. The van der Waals surface area contributed by atoms with E-state index in [-0.39, 0.29) is 12.0 Å². The van der Waals surface area contributed by atoms with E-state index in [1.54, 1.807) is 12.3 Å². The number of nitrogens with zero attached hydrogens (tertiary/aromatic N) is 3. The van der Waals surface area contributed by atoms with Gasteiger partial charge in [0.1, 0.15) is 6.07 Å². The van der Waals surface area contributed by atoms with Gasteiger partial charge in [-0.2, -0.15) is 5.26 Å². The first-order chi connectivity index (χ1) is 11.0. The second-order valence-electron chi connectivity index (χ2n) is 5.90. The molecule has 0 spiro atoms. The zero-order chi connectivity index (χ0) is 16.6. The number of piperidine rings is 1. The Morgan fingerprint density at radius 3 is 2.96 bits per heavy atom. The van der Waals surface area contributed by atoms with E-state index in [1.807, 2.05) is 19.1 Å². The molecule has 1 saturated heterocycles. The summed E-state index contributed by atoms with van der Waals surface area (Å²) in [4.78, 5) is 17.6. The summed E-state index contributed by atoms with van der Waals surface area (Å²) in [6, 6.07) is 7.64. The van der Waals surface area contributed by atoms with Crippen molar-refractivity contribution in [3.63, 3.8) is 0 Å². The van der Waals surface area contributed by atoms with Gasteiger partial charge in [-0.1, -0.05) is 11.6 Å². The van der Waals surface area contributed by atoms with E-state index in [0.29, 0.717) is 30.0 Å². The van der Waals surface area contributed by atoms with Crippen molar-refractivity contribution in [1.82, 2.24) is 4.98 Å². The molecule has 23 heavy (non-hydrogen) atoms. The van der Waals surface area contributed by atoms with E-state index in [4.69, 9.17) is 11.6 Å². The fraction of sp³-hybridized carbons (Fsp3) is 0.353. The molecule has 1 fully saturated rings.